The number of benzene rings is 1. The fourth-order valence-electron chi connectivity index (χ4n) is 0.439. The van der Waals surface area contributed by atoms with Crippen LogP contribution in [0.25, 0.3) is 0 Å². The Bertz CT molecular complexity index is 206. The van der Waals surface area contributed by atoms with Gasteiger partial charge < -0.3 is 0 Å². The molecule has 0 N–H and O–H groups in total. The topological polar surface area (TPSA) is 17.1 Å². The predicted molar refractivity (Wildman–Crippen MR) is 41.7 cm³/mol. The molecule has 0 aliphatic carbocycles. The van der Waals surface area contributed by atoms with Crippen LogP contribution in [-0.2, 0) is 4.79 Å². The van der Waals surface area contributed by atoms with Gasteiger partial charge in [0.05, 0.1) is 0 Å². The normalized spacial score (nSPS) is 7.82. The van der Waals surface area contributed by atoms with Gasteiger partial charge in [0.2, 0.25) is 0 Å². The predicted octanol–water partition coefficient (Wildman–Crippen LogP) is 0.774. The number of rotatable bonds is 0. The van der Waals surface area contributed by atoms with Crippen LogP contribution >= 0.6 is 0 Å². The molecule has 0 bridgehead atoms. The Morgan fingerprint density at radius 3 is 1.64 bits per heavy atom. The van der Waals surface area contributed by atoms with Crippen molar-refractivity contribution in [2.45, 2.75) is 0 Å². The zero-order chi connectivity index (χ0) is 8.69. The molecule has 0 fully saturated rings. The molecule has 0 heterocycles. The average Bonchev–Trinajstić information content (AvgIpc) is 1.97. The SMILES string of the molecule is Fc1ccccc1F.O=[CH][GaH2]. The summed E-state index contributed by atoms with van der Waals surface area (Å²) in [5.41, 5.74) is 0. The van der Waals surface area contributed by atoms with E-state index < -0.39 is 11.6 Å². The number of carbonyl (C=O) groups is 1. The van der Waals surface area contributed by atoms with Crippen molar-refractivity contribution in [2.24, 2.45) is 0 Å². The number of hydrogen-bond acceptors (Lipinski definition) is 1. The molecule has 4 heteroatoms. The second-order valence-electron chi connectivity index (χ2n) is 1.65. The van der Waals surface area contributed by atoms with Crippen LogP contribution in [0.5, 0.6) is 0 Å². The van der Waals surface area contributed by atoms with E-state index in [2.05, 4.69) is 0 Å². The molecule has 0 spiro atoms. The minimum absolute atomic E-state index is 0.424. The Balaban J connectivity index is 0.000000292. The molecule has 0 aromatic heterocycles. The fourth-order valence-corrected chi connectivity index (χ4v) is 0.439. The monoisotopic (exact) mass is 214 g/mol. The van der Waals surface area contributed by atoms with E-state index in [1.165, 1.54) is 12.1 Å². The molecule has 0 radical (unpaired) electrons. The summed E-state index contributed by atoms with van der Waals surface area (Å²) in [7, 11) is 0. The molecule has 0 atom stereocenters. The molecule has 0 saturated carbocycles. The first kappa shape index (κ1) is 10.4. The second-order valence-corrected chi connectivity index (χ2v) is 2.64. The van der Waals surface area contributed by atoms with Gasteiger partial charge in [-0.15, -0.1) is 0 Å². The summed E-state index contributed by atoms with van der Waals surface area (Å²) in [6.45, 7) is 0. The van der Waals surface area contributed by atoms with E-state index in [9.17, 15) is 8.78 Å². The van der Waals surface area contributed by atoms with Gasteiger partial charge >= 0.3 is 28.2 Å². The zero-order valence-corrected chi connectivity index (χ0v) is 10.2. The minimum atomic E-state index is -0.799. The number of halogens is 2. The van der Waals surface area contributed by atoms with Gasteiger partial charge in [-0.25, -0.2) is 8.78 Å². The van der Waals surface area contributed by atoms with Crippen LogP contribution in [0.15, 0.2) is 24.3 Å². The van der Waals surface area contributed by atoms with Crippen LogP contribution in [0.4, 0.5) is 8.78 Å². The molecule has 58 valence electrons. The number of carbonyl (C=O) groups excluding carboxylic acids is 1. The van der Waals surface area contributed by atoms with Crippen LogP contribution in [0.2, 0.25) is 0 Å². The van der Waals surface area contributed by atoms with Gasteiger partial charge in [0.1, 0.15) is 0 Å². The van der Waals surface area contributed by atoms with E-state index in [0.29, 0.717) is 18.6 Å². The molecule has 0 aliphatic rings. The van der Waals surface area contributed by atoms with Gasteiger partial charge in [0, 0.05) is 0 Å². The van der Waals surface area contributed by atoms with Gasteiger partial charge in [0.25, 0.3) is 0 Å². The maximum absolute atomic E-state index is 11.9. The van der Waals surface area contributed by atoms with Gasteiger partial charge in [-0.1, -0.05) is 12.1 Å². The van der Waals surface area contributed by atoms with Crippen molar-refractivity contribution in [1.82, 2.24) is 0 Å². The first-order valence-corrected chi connectivity index (χ1v) is 5.44. The van der Waals surface area contributed by atoms with Gasteiger partial charge in [-0.05, 0) is 12.1 Å². The first-order valence-electron chi connectivity index (χ1n) is 3.02. The van der Waals surface area contributed by atoms with Gasteiger partial charge in [0.15, 0.2) is 11.6 Å². The van der Waals surface area contributed by atoms with E-state index in [0.717, 1.165) is 17.0 Å². The standard InChI is InChI=1S/C6H4F2.CHO.Ga.2H/c7-5-3-1-2-4-6(5)8;1-2;;;/h1-4H;1H;;;. The molecule has 0 aliphatic heterocycles. The van der Waals surface area contributed by atoms with Crippen molar-refractivity contribution in [1.29, 1.82) is 0 Å². The Morgan fingerprint density at radius 2 is 1.45 bits per heavy atom. The van der Waals surface area contributed by atoms with E-state index in [4.69, 9.17) is 4.79 Å². The first-order chi connectivity index (χ1) is 5.22. The third kappa shape index (κ3) is 4.75. The molecule has 1 aromatic carbocycles. The van der Waals surface area contributed by atoms with E-state index in [1.54, 1.807) is 0 Å². The molecule has 11 heavy (non-hydrogen) atoms. The van der Waals surface area contributed by atoms with E-state index in [1.807, 2.05) is 0 Å². The van der Waals surface area contributed by atoms with Crippen molar-refractivity contribution in [3.63, 3.8) is 0 Å². The van der Waals surface area contributed by atoms with Crippen LogP contribution in [0.3, 0.4) is 0 Å². The molecule has 0 unspecified atom stereocenters. The quantitative estimate of drug-likeness (QED) is 0.461. The van der Waals surface area contributed by atoms with Crippen LogP contribution in [-0.4, -0.2) is 23.4 Å². The van der Waals surface area contributed by atoms with Crippen molar-refractivity contribution in [3.05, 3.63) is 35.9 Å². The summed E-state index contributed by atoms with van der Waals surface area (Å²) in [5, 5.41) is 0. The van der Waals surface area contributed by atoms with Crippen molar-refractivity contribution in [2.75, 3.05) is 0 Å². The van der Waals surface area contributed by atoms with Crippen LogP contribution < -0.4 is 0 Å². The molecule has 1 nitrogen and oxygen atoms in total. The Hall–Kier alpha value is -0.614. The Kier molecular flexibility index (Phi) is 5.78. The molecule has 0 amide bonds. The molecular formula is C7H7F2GaO. The summed E-state index contributed by atoms with van der Waals surface area (Å²) in [6.07, 6.45) is 0. The molecular weight excluding hydrogens is 208 g/mol. The van der Waals surface area contributed by atoms with Crippen molar-refractivity contribution in [3.8, 4) is 0 Å². The molecule has 1 rings (SSSR count). The van der Waals surface area contributed by atoms with E-state index >= 15 is 0 Å². The summed E-state index contributed by atoms with van der Waals surface area (Å²) in [6, 6.07) is 5.04. The Labute approximate surface area is 73.3 Å². The fraction of sp³-hybridized carbons (Fsp3) is 0. The summed E-state index contributed by atoms with van der Waals surface area (Å²) in [4.78, 5) is 9.83. The van der Waals surface area contributed by atoms with Gasteiger partial charge in [-0.3, -0.25) is 0 Å². The Morgan fingerprint density at radius 1 is 1.18 bits per heavy atom. The maximum atomic E-state index is 11.9. The van der Waals surface area contributed by atoms with Crippen LogP contribution in [0.1, 0.15) is 0 Å². The third-order valence-corrected chi connectivity index (χ3v) is 0.824. The number of hydrogen-bond donors (Lipinski definition) is 0. The summed E-state index contributed by atoms with van der Waals surface area (Å²) in [5.74, 6) is -1.60. The zero-order valence-electron chi connectivity index (χ0n) is 6.05. The van der Waals surface area contributed by atoms with Crippen LogP contribution in [0, 0.1) is 11.6 Å². The van der Waals surface area contributed by atoms with E-state index in [-0.39, 0.29) is 0 Å². The second kappa shape index (κ2) is 6.12. The molecule has 1 aromatic rings. The van der Waals surface area contributed by atoms with Crippen molar-refractivity contribution < 1.29 is 13.6 Å². The summed E-state index contributed by atoms with van der Waals surface area (Å²) >= 11 is 0.424. The third-order valence-electron chi connectivity index (χ3n) is 0.824. The van der Waals surface area contributed by atoms with Crippen molar-refractivity contribution >= 4 is 23.4 Å². The summed E-state index contributed by atoms with van der Waals surface area (Å²) < 4.78 is 23.9. The average molecular weight is 215 g/mol. The molecule has 0 saturated heterocycles. The van der Waals surface area contributed by atoms with Gasteiger partial charge in [-0.2, -0.15) is 0 Å².